The summed E-state index contributed by atoms with van der Waals surface area (Å²) in [6.45, 7) is 0.469. The summed E-state index contributed by atoms with van der Waals surface area (Å²) in [6.07, 6.45) is 0.543. The maximum Gasteiger partial charge on any atom is 0.326 e. The van der Waals surface area contributed by atoms with Crippen molar-refractivity contribution in [1.29, 1.82) is 0 Å². The molecule has 0 saturated heterocycles. The van der Waals surface area contributed by atoms with Gasteiger partial charge in [-0.05, 0) is 13.3 Å². The van der Waals surface area contributed by atoms with Crippen LogP contribution in [0.4, 0.5) is 8.78 Å². The quantitative estimate of drug-likeness (QED) is 0.457. The summed E-state index contributed by atoms with van der Waals surface area (Å²) < 4.78 is 25.6. The number of hydrogen-bond acceptors (Lipinski definition) is 3. The molecule has 5 N–H and O–H groups in total. The Hall–Kier alpha value is -1.50. The van der Waals surface area contributed by atoms with Crippen LogP contribution in [0.3, 0.4) is 0 Å². The highest BCUT2D eigenvalue weighted by Crippen LogP contribution is 2.13. The smallest absolute Gasteiger partial charge is 0.326 e. The highest BCUT2D eigenvalue weighted by Gasteiger charge is 2.33. The van der Waals surface area contributed by atoms with Gasteiger partial charge in [-0.25, -0.2) is 8.78 Å². The number of halogens is 2. The van der Waals surface area contributed by atoms with Gasteiger partial charge in [-0.15, -0.1) is 0 Å². The van der Waals surface area contributed by atoms with E-state index in [4.69, 9.17) is 16.6 Å². The van der Waals surface area contributed by atoms with Crippen LogP contribution in [0.15, 0.2) is 16.9 Å². The molecular weight excluding hydrogens is 232 g/mol. The average Bonchev–Trinajstić information content (AvgIpc) is 2.25. The van der Waals surface area contributed by atoms with E-state index in [1.165, 1.54) is 0 Å². The first-order valence-corrected chi connectivity index (χ1v) is 5.01. The van der Waals surface area contributed by atoms with Crippen LogP contribution in [0.25, 0.3) is 0 Å². The Kier molecular flexibility index (Phi) is 6.34. The molecule has 98 valence electrons. The van der Waals surface area contributed by atoms with Gasteiger partial charge >= 0.3 is 5.97 Å². The normalized spacial score (nSPS) is 16.7. The van der Waals surface area contributed by atoms with Crippen molar-refractivity contribution < 1.29 is 18.7 Å². The molecule has 0 aromatic carbocycles. The lowest BCUT2D eigenvalue weighted by atomic mass is 9.98. The van der Waals surface area contributed by atoms with Crippen molar-refractivity contribution in [3.05, 3.63) is 11.9 Å². The van der Waals surface area contributed by atoms with Crippen molar-refractivity contribution >= 4 is 11.8 Å². The molecule has 7 heteroatoms. The minimum atomic E-state index is -2.07. The minimum absolute atomic E-state index is 0.0173. The van der Waals surface area contributed by atoms with Crippen LogP contribution >= 0.6 is 0 Å². The van der Waals surface area contributed by atoms with Crippen LogP contribution < -0.4 is 11.5 Å². The fourth-order valence-corrected chi connectivity index (χ4v) is 0.933. The number of aliphatic carboxylic acids is 1. The summed E-state index contributed by atoms with van der Waals surface area (Å²) in [5, 5.41) is 8.64. The van der Waals surface area contributed by atoms with E-state index in [0.29, 0.717) is 5.84 Å². The third-order valence-electron chi connectivity index (χ3n) is 2.06. The summed E-state index contributed by atoms with van der Waals surface area (Å²) in [4.78, 5) is 14.4. The van der Waals surface area contributed by atoms with Crippen LogP contribution in [0.5, 0.6) is 0 Å². The van der Waals surface area contributed by atoms with Gasteiger partial charge in [0.05, 0.1) is 11.7 Å². The zero-order chi connectivity index (χ0) is 13.5. The molecule has 0 bridgehead atoms. The molecule has 17 heavy (non-hydrogen) atoms. The van der Waals surface area contributed by atoms with E-state index < -0.39 is 30.4 Å². The van der Waals surface area contributed by atoms with E-state index in [2.05, 4.69) is 4.99 Å². The van der Waals surface area contributed by atoms with Crippen molar-refractivity contribution in [3.8, 4) is 0 Å². The number of hydrogen-bond donors (Lipinski definition) is 3. The lowest BCUT2D eigenvalue weighted by Crippen LogP contribution is -2.49. The van der Waals surface area contributed by atoms with Gasteiger partial charge in [0, 0.05) is 13.0 Å². The first kappa shape index (κ1) is 15.5. The van der Waals surface area contributed by atoms with Crippen LogP contribution in [0.2, 0.25) is 0 Å². The second kappa shape index (κ2) is 6.95. The van der Waals surface area contributed by atoms with E-state index in [1.54, 1.807) is 6.92 Å². The molecule has 0 amide bonds. The molecular formula is C10H17F2N3O2. The van der Waals surface area contributed by atoms with Crippen LogP contribution in [0.1, 0.15) is 19.8 Å². The molecule has 0 aromatic rings. The summed E-state index contributed by atoms with van der Waals surface area (Å²) in [7, 11) is 0. The molecule has 0 aromatic heterocycles. The highest BCUT2D eigenvalue weighted by atomic mass is 19.1. The lowest BCUT2D eigenvalue weighted by Gasteiger charge is -2.18. The van der Waals surface area contributed by atoms with Gasteiger partial charge in [-0.2, -0.15) is 0 Å². The Morgan fingerprint density at radius 1 is 1.59 bits per heavy atom. The topological polar surface area (TPSA) is 102 Å². The van der Waals surface area contributed by atoms with Crippen LogP contribution in [-0.2, 0) is 4.79 Å². The van der Waals surface area contributed by atoms with E-state index in [-0.39, 0.29) is 13.0 Å². The van der Waals surface area contributed by atoms with Gasteiger partial charge < -0.3 is 16.6 Å². The highest BCUT2D eigenvalue weighted by molar-refractivity contribution is 5.79. The molecule has 0 unspecified atom stereocenters. The molecule has 0 spiro atoms. The van der Waals surface area contributed by atoms with Crippen molar-refractivity contribution in [2.45, 2.75) is 25.3 Å². The van der Waals surface area contributed by atoms with Crippen LogP contribution in [-0.4, -0.2) is 35.7 Å². The first-order valence-electron chi connectivity index (χ1n) is 5.01. The largest absolute Gasteiger partial charge is 0.480 e. The fourth-order valence-electron chi connectivity index (χ4n) is 0.933. The van der Waals surface area contributed by atoms with E-state index in [9.17, 15) is 13.6 Å². The third-order valence-corrected chi connectivity index (χ3v) is 2.06. The predicted octanol–water partition coefficient (Wildman–Crippen LogP) is 0.749. The molecule has 0 aliphatic rings. The van der Waals surface area contributed by atoms with E-state index in [0.717, 1.165) is 6.08 Å². The van der Waals surface area contributed by atoms with Crippen LogP contribution in [0, 0.1) is 0 Å². The molecule has 5 nitrogen and oxygen atoms in total. The maximum atomic E-state index is 13.2. The zero-order valence-electron chi connectivity index (χ0n) is 9.62. The number of amidine groups is 1. The molecule has 1 atom stereocenters. The van der Waals surface area contributed by atoms with Crippen molar-refractivity contribution in [1.82, 2.24) is 0 Å². The van der Waals surface area contributed by atoms with Gasteiger partial charge in [0.2, 0.25) is 0 Å². The van der Waals surface area contributed by atoms with Gasteiger partial charge in [0.15, 0.2) is 0 Å². The molecule has 0 aliphatic heterocycles. The van der Waals surface area contributed by atoms with Gasteiger partial charge in [0.25, 0.3) is 0 Å². The SMILES string of the molecule is CC(N)=NCC/C(F)=C/C[C@@](N)(CF)C(=O)O. The number of carboxylic acids is 1. The predicted molar refractivity (Wildman–Crippen MR) is 61.1 cm³/mol. The number of rotatable bonds is 7. The number of alkyl halides is 1. The second-order valence-corrected chi connectivity index (χ2v) is 3.72. The molecule has 0 saturated carbocycles. The number of aliphatic imine (C=N–C) groups is 1. The molecule has 0 heterocycles. The lowest BCUT2D eigenvalue weighted by molar-refractivity contribution is -0.143. The minimum Gasteiger partial charge on any atom is -0.480 e. The van der Waals surface area contributed by atoms with E-state index >= 15 is 0 Å². The standard InChI is InChI=1S/C10H17F2N3O2/c1-7(13)15-5-3-8(12)2-4-10(14,6-11)9(16)17/h2H,3-6,14H2,1H3,(H2,13,15)(H,16,17)/b8-2-/t10-/m1/s1. The Morgan fingerprint density at radius 2 is 2.18 bits per heavy atom. The maximum absolute atomic E-state index is 13.2. The third kappa shape index (κ3) is 5.96. The first-order chi connectivity index (χ1) is 7.81. The zero-order valence-corrected chi connectivity index (χ0v) is 9.62. The number of carbonyl (C=O) groups is 1. The summed E-state index contributed by atoms with van der Waals surface area (Å²) in [5.74, 6) is -1.75. The van der Waals surface area contributed by atoms with Gasteiger partial charge in [0.1, 0.15) is 12.2 Å². The molecule has 0 fully saturated rings. The fraction of sp³-hybridized carbons (Fsp3) is 0.600. The Balaban J connectivity index is 4.31. The Morgan fingerprint density at radius 3 is 2.59 bits per heavy atom. The Labute approximate surface area is 98.2 Å². The molecule has 0 aliphatic carbocycles. The molecule has 0 radical (unpaired) electrons. The van der Waals surface area contributed by atoms with Crippen molar-refractivity contribution in [3.63, 3.8) is 0 Å². The van der Waals surface area contributed by atoms with Gasteiger partial charge in [-0.1, -0.05) is 6.08 Å². The van der Waals surface area contributed by atoms with Crippen molar-refractivity contribution in [2.75, 3.05) is 13.2 Å². The number of nitrogens with zero attached hydrogens (tertiary/aromatic N) is 1. The summed E-state index contributed by atoms with van der Waals surface area (Å²) in [5.41, 5.74) is 8.41. The van der Waals surface area contributed by atoms with E-state index in [1.807, 2.05) is 0 Å². The Bertz CT molecular complexity index is 328. The molecule has 0 rings (SSSR count). The average molecular weight is 249 g/mol. The number of nitrogens with two attached hydrogens (primary N) is 2. The van der Waals surface area contributed by atoms with Gasteiger partial charge in [-0.3, -0.25) is 9.79 Å². The second-order valence-electron chi connectivity index (χ2n) is 3.72. The summed E-state index contributed by atoms with van der Waals surface area (Å²) in [6, 6.07) is 0. The monoisotopic (exact) mass is 249 g/mol. The van der Waals surface area contributed by atoms with Crippen molar-refractivity contribution in [2.24, 2.45) is 16.5 Å². The summed E-state index contributed by atoms with van der Waals surface area (Å²) >= 11 is 0. The number of carboxylic acid groups (broad SMARTS) is 1.